The Hall–Kier alpha value is -4.35. The van der Waals surface area contributed by atoms with Gasteiger partial charge >= 0.3 is 0 Å². The zero-order valence-electron chi connectivity index (χ0n) is 39.3. The van der Waals surface area contributed by atoms with Gasteiger partial charge in [-0.15, -0.1) is 53.6 Å². The third kappa shape index (κ3) is 6.98. The van der Waals surface area contributed by atoms with Crippen molar-refractivity contribution in [1.82, 2.24) is 9.97 Å². The van der Waals surface area contributed by atoms with Crippen LogP contribution in [0.4, 0.5) is 0 Å². The molecule has 1 aliphatic rings. The van der Waals surface area contributed by atoms with Crippen LogP contribution in [0.25, 0.3) is 55.6 Å². The third-order valence-electron chi connectivity index (χ3n) is 8.26. The van der Waals surface area contributed by atoms with Crippen LogP contribution in [0, 0.1) is 38.1 Å². The van der Waals surface area contributed by atoms with Crippen molar-refractivity contribution in [3.05, 3.63) is 132 Å². The second-order valence-electron chi connectivity index (χ2n) is 13.6. The van der Waals surface area contributed by atoms with Crippen LogP contribution >= 0.6 is 0 Å². The van der Waals surface area contributed by atoms with Crippen molar-refractivity contribution < 1.29 is 44.0 Å². The van der Waals surface area contributed by atoms with Gasteiger partial charge in [0, 0.05) is 64.1 Å². The summed E-state index contributed by atoms with van der Waals surface area (Å²) in [5, 5.41) is 3.29. The second kappa shape index (κ2) is 13.8. The van der Waals surface area contributed by atoms with Gasteiger partial charge in [-0.25, -0.2) is 0 Å². The Morgan fingerprint density at radius 1 is 0.820 bits per heavy atom. The Balaban J connectivity index is 0.000000250. The number of rotatable bonds is 3. The molecular formula is C44H42IrN2O2Si-2. The predicted octanol–water partition coefficient (Wildman–Crippen LogP) is 11.0. The predicted molar refractivity (Wildman–Crippen MR) is 205 cm³/mol. The van der Waals surface area contributed by atoms with Gasteiger partial charge in [0.1, 0.15) is 11.2 Å². The van der Waals surface area contributed by atoms with Gasteiger partial charge in [0.2, 0.25) is 0 Å². The SMILES string of the molecule is [2H]C([2H])([2H])c1c[c-]c(-c2ccc(C([2H])([2H])[2H])cn2)cc1.[2H]C([2H])([2H])c1cnc(-c2[c-]ccc3c2O[Si](C)(C)c2c-3ccc3oc4ccccc4c23)cc1C([2H])([2H])C(C)(C)C.[Ir]. The number of hydrogen-bond acceptors (Lipinski definition) is 4. The van der Waals surface area contributed by atoms with E-state index in [1.54, 1.807) is 39.0 Å². The molecule has 0 saturated carbocycles. The van der Waals surface area contributed by atoms with E-state index in [0.717, 1.165) is 38.3 Å². The summed E-state index contributed by atoms with van der Waals surface area (Å²) in [6.45, 7) is 2.75. The molecule has 8 rings (SSSR count). The van der Waals surface area contributed by atoms with Gasteiger partial charge in [-0.1, -0.05) is 86.8 Å². The molecule has 255 valence electrons. The maximum atomic E-state index is 8.92. The molecule has 0 N–H and O–H groups in total. The number of benzene rings is 4. The number of fused-ring (bicyclic) bond motifs is 7. The molecule has 1 aliphatic heterocycles. The van der Waals surface area contributed by atoms with E-state index < -0.39 is 40.7 Å². The van der Waals surface area contributed by atoms with Crippen molar-refractivity contribution in [3.63, 3.8) is 0 Å². The number of pyridine rings is 2. The second-order valence-corrected chi connectivity index (χ2v) is 17.3. The molecule has 6 heteroatoms. The third-order valence-corrected chi connectivity index (χ3v) is 10.7. The van der Waals surface area contributed by atoms with Crippen molar-refractivity contribution in [2.45, 2.75) is 60.8 Å². The van der Waals surface area contributed by atoms with Gasteiger partial charge in [-0.05, 0) is 84.0 Å². The minimum absolute atomic E-state index is 0. The molecule has 4 nitrogen and oxygen atoms in total. The van der Waals surface area contributed by atoms with Gasteiger partial charge in [-0.2, -0.15) is 0 Å². The normalized spacial score (nSPS) is 17.3. The summed E-state index contributed by atoms with van der Waals surface area (Å²) in [6, 6.07) is 31.2. The number of nitrogens with zero attached hydrogens (tertiary/aromatic N) is 2. The summed E-state index contributed by atoms with van der Waals surface area (Å²) in [7, 11) is -2.56. The Morgan fingerprint density at radius 3 is 2.34 bits per heavy atom. The molecule has 0 spiro atoms. The molecule has 0 bridgehead atoms. The summed E-state index contributed by atoms with van der Waals surface area (Å²) >= 11 is 0. The van der Waals surface area contributed by atoms with Crippen molar-refractivity contribution in [1.29, 1.82) is 0 Å². The molecule has 0 saturated heterocycles. The zero-order chi connectivity index (χ0) is 43.8. The van der Waals surface area contributed by atoms with Crippen molar-refractivity contribution in [2.24, 2.45) is 5.41 Å². The molecule has 0 amide bonds. The fourth-order valence-corrected chi connectivity index (χ4v) is 8.75. The Morgan fingerprint density at radius 2 is 1.62 bits per heavy atom. The van der Waals surface area contributed by atoms with Gasteiger partial charge < -0.3 is 18.8 Å². The summed E-state index contributed by atoms with van der Waals surface area (Å²) in [6.07, 6.45) is 0.654. The minimum Gasteiger partial charge on any atom is -0.583 e. The van der Waals surface area contributed by atoms with Crippen LogP contribution in [-0.4, -0.2) is 18.3 Å². The van der Waals surface area contributed by atoms with E-state index in [-0.39, 0.29) is 42.4 Å². The molecule has 3 aromatic heterocycles. The first kappa shape index (κ1) is 23.9. The quantitative estimate of drug-likeness (QED) is 0.131. The van der Waals surface area contributed by atoms with Crippen LogP contribution in [0.3, 0.4) is 0 Å². The van der Waals surface area contributed by atoms with Crippen LogP contribution in [0.1, 0.15) is 58.1 Å². The summed E-state index contributed by atoms with van der Waals surface area (Å²) < 4.78 is 98.7. The maximum absolute atomic E-state index is 8.92. The molecule has 0 unspecified atom stereocenters. The van der Waals surface area contributed by atoms with E-state index in [4.69, 9.17) is 23.9 Å². The minimum atomic E-state index is -2.56. The molecular weight excluding hydrogens is 809 g/mol. The summed E-state index contributed by atoms with van der Waals surface area (Å²) in [5.74, 6) is 0.634. The largest absolute Gasteiger partial charge is 0.583 e. The first-order valence-electron chi connectivity index (χ1n) is 21.5. The number of furan rings is 1. The van der Waals surface area contributed by atoms with E-state index in [1.807, 2.05) is 36.4 Å². The molecule has 7 aromatic rings. The Labute approximate surface area is 325 Å². The molecule has 50 heavy (non-hydrogen) atoms. The van der Waals surface area contributed by atoms with Crippen LogP contribution in [0.5, 0.6) is 5.75 Å². The van der Waals surface area contributed by atoms with Crippen molar-refractivity contribution in [2.75, 3.05) is 0 Å². The molecule has 1 radical (unpaired) electrons. The van der Waals surface area contributed by atoms with Crippen LogP contribution in [0.15, 0.2) is 102 Å². The van der Waals surface area contributed by atoms with Crippen molar-refractivity contribution in [3.8, 4) is 39.4 Å². The Kier molecular flexibility index (Phi) is 6.58. The number of aromatic nitrogens is 2. The first-order valence-corrected chi connectivity index (χ1v) is 18.9. The van der Waals surface area contributed by atoms with E-state index in [2.05, 4.69) is 47.3 Å². The monoisotopic (exact) mass is 862 g/mol. The first-order chi connectivity index (χ1) is 27.8. The van der Waals surface area contributed by atoms with E-state index >= 15 is 0 Å². The zero-order valence-corrected chi connectivity index (χ0v) is 31.7. The van der Waals surface area contributed by atoms with E-state index in [9.17, 15) is 0 Å². The topological polar surface area (TPSA) is 48.2 Å². The number of aryl methyl sites for hydroxylation is 3. The van der Waals surface area contributed by atoms with Crippen LogP contribution < -0.4 is 9.61 Å². The van der Waals surface area contributed by atoms with Crippen molar-refractivity contribution >= 4 is 35.4 Å². The molecule has 0 fully saturated rings. The Bertz CT molecular complexity index is 2680. The summed E-state index contributed by atoms with van der Waals surface area (Å²) in [4.78, 5) is 8.60. The van der Waals surface area contributed by atoms with Gasteiger partial charge in [0.15, 0.2) is 0 Å². The fraction of sp³-hybridized carbons (Fsp3) is 0.227. The summed E-state index contributed by atoms with van der Waals surface area (Å²) in [5.41, 5.74) is 5.35. The average molecular weight is 862 g/mol. The number of hydrogen-bond donors (Lipinski definition) is 0. The van der Waals surface area contributed by atoms with Gasteiger partial charge in [-0.3, -0.25) is 0 Å². The molecule has 0 atom stereocenters. The maximum Gasteiger partial charge on any atom is 0.265 e. The van der Waals surface area contributed by atoms with E-state index in [0.29, 0.717) is 28.3 Å². The molecule has 0 aliphatic carbocycles. The van der Waals surface area contributed by atoms with Crippen LogP contribution in [-0.2, 0) is 26.5 Å². The van der Waals surface area contributed by atoms with Gasteiger partial charge in [0.25, 0.3) is 8.32 Å². The number of para-hydroxylation sites is 1. The van der Waals surface area contributed by atoms with E-state index in [1.165, 1.54) is 30.6 Å². The molecule has 4 aromatic carbocycles. The smallest absolute Gasteiger partial charge is 0.265 e. The standard InChI is InChI=1S/C31H30NO2Si.C13H12N.Ir/c1-19-18-32-25(16-20(19)17-31(2,3)4)23-12-9-11-21-22-14-15-27-28(24-10-7-8-13-26(24)33-27)30(22)35(5,6)34-29(21)23;1-10-3-6-12(7-4-10)13-8-5-11(2)9-14-13;/h7-11,13-16,18H,17H2,1-6H3;3-6,8-9H,1-2H3;/q2*-1;/i1D3,17D2;1D3,2D3;. The molecule has 4 heterocycles. The average Bonchev–Trinajstić information content (AvgIpc) is 3.55. The van der Waals surface area contributed by atoms with Crippen LogP contribution in [0.2, 0.25) is 13.1 Å². The fourth-order valence-electron chi connectivity index (χ4n) is 6.20. The van der Waals surface area contributed by atoms with Gasteiger partial charge in [0.05, 0.1) is 0 Å².